The van der Waals surface area contributed by atoms with Crippen LogP contribution in [0.15, 0.2) is 46.4 Å². The number of rotatable bonds is 4. The van der Waals surface area contributed by atoms with Crippen LogP contribution in [0.4, 0.5) is 0 Å². The van der Waals surface area contributed by atoms with Gasteiger partial charge in [-0.3, -0.25) is 0 Å². The fourth-order valence-corrected chi connectivity index (χ4v) is 3.12. The van der Waals surface area contributed by atoms with Crippen LogP contribution in [0.3, 0.4) is 0 Å². The molecule has 0 amide bonds. The third kappa shape index (κ3) is 3.74. The normalized spacial score (nSPS) is 11.8. The van der Waals surface area contributed by atoms with E-state index in [0.717, 1.165) is 22.3 Å². The summed E-state index contributed by atoms with van der Waals surface area (Å²) < 4.78 is 24.3. The van der Waals surface area contributed by atoms with Gasteiger partial charge in [0.2, 0.25) is 0 Å². The number of benzene rings is 2. The molecule has 0 unspecified atom stereocenters. The molecule has 0 saturated heterocycles. The van der Waals surface area contributed by atoms with Gasteiger partial charge in [-0.05, 0) is 51.0 Å². The Balaban J connectivity index is 2.20. The Kier molecular flexibility index (Phi) is 4.66. The van der Waals surface area contributed by atoms with Crippen molar-refractivity contribution in [2.45, 2.75) is 32.6 Å². The van der Waals surface area contributed by atoms with Gasteiger partial charge in [0.05, 0.1) is 11.1 Å². The molecule has 0 fully saturated rings. The second kappa shape index (κ2) is 6.32. The molecule has 0 radical (unpaired) electrons. The highest BCUT2D eigenvalue weighted by atomic mass is 32.2. The Labute approximate surface area is 131 Å². The first kappa shape index (κ1) is 16.2. The molecule has 5 heteroatoms. The standard InChI is InChI=1S/C17H20N2O2S/c1-12-5-7-16(8-6-12)22(20,21)19-18-11-17-14(3)9-13(2)10-15(17)4/h5-11,19H,1-4H3/b18-11+. The summed E-state index contributed by atoms with van der Waals surface area (Å²) in [7, 11) is -3.63. The van der Waals surface area contributed by atoms with Gasteiger partial charge in [0, 0.05) is 5.56 Å². The zero-order chi connectivity index (χ0) is 16.3. The second-order valence-electron chi connectivity index (χ2n) is 5.48. The van der Waals surface area contributed by atoms with E-state index < -0.39 is 10.0 Å². The Bertz CT molecular complexity index is 784. The van der Waals surface area contributed by atoms with Crippen molar-refractivity contribution in [3.63, 3.8) is 0 Å². The molecule has 0 saturated carbocycles. The largest absolute Gasteiger partial charge is 0.276 e. The molecule has 2 aromatic carbocycles. The van der Waals surface area contributed by atoms with Gasteiger partial charge in [-0.1, -0.05) is 35.4 Å². The number of sulfonamides is 1. The van der Waals surface area contributed by atoms with Crippen LogP contribution in [0.5, 0.6) is 0 Å². The average molecular weight is 316 g/mol. The van der Waals surface area contributed by atoms with Crippen molar-refractivity contribution in [2.24, 2.45) is 5.10 Å². The predicted octanol–water partition coefficient (Wildman–Crippen LogP) is 3.23. The van der Waals surface area contributed by atoms with Crippen molar-refractivity contribution >= 4 is 16.2 Å². The summed E-state index contributed by atoms with van der Waals surface area (Å²) in [5, 5.41) is 3.90. The fraction of sp³-hybridized carbons (Fsp3) is 0.235. The second-order valence-corrected chi connectivity index (χ2v) is 7.14. The Morgan fingerprint density at radius 2 is 1.45 bits per heavy atom. The average Bonchev–Trinajstić information content (AvgIpc) is 2.42. The van der Waals surface area contributed by atoms with Crippen molar-refractivity contribution in [3.8, 4) is 0 Å². The molecule has 2 aromatic rings. The summed E-state index contributed by atoms with van der Waals surface area (Å²) in [6.07, 6.45) is 1.55. The van der Waals surface area contributed by atoms with E-state index in [1.54, 1.807) is 30.5 Å². The van der Waals surface area contributed by atoms with Crippen molar-refractivity contribution in [1.29, 1.82) is 0 Å². The van der Waals surface area contributed by atoms with Crippen LogP contribution in [-0.2, 0) is 10.0 Å². The van der Waals surface area contributed by atoms with Crippen LogP contribution in [-0.4, -0.2) is 14.6 Å². The molecule has 2 rings (SSSR count). The van der Waals surface area contributed by atoms with Gasteiger partial charge in [-0.15, -0.1) is 0 Å². The number of aryl methyl sites for hydroxylation is 4. The molecule has 116 valence electrons. The number of hydrazone groups is 1. The topological polar surface area (TPSA) is 58.5 Å². The fourth-order valence-electron chi connectivity index (χ4n) is 2.33. The van der Waals surface area contributed by atoms with Crippen molar-refractivity contribution in [1.82, 2.24) is 4.83 Å². The number of hydrogen-bond donors (Lipinski definition) is 1. The molecule has 0 aliphatic heterocycles. The van der Waals surface area contributed by atoms with E-state index in [4.69, 9.17) is 0 Å². The first-order valence-electron chi connectivity index (χ1n) is 6.99. The maximum Gasteiger partial charge on any atom is 0.276 e. The molecule has 0 heterocycles. The van der Waals surface area contributed by atoms with E-state index in [-0.39, 0.29) is 4.90 Å². The first-order chi connectivity index (χ1) is 10.3. The summed E-state index contributed by atoms with van der Waals surface area (Å²) in [5.74, 6) is 0. The molecule has 0 aliphatic carbocycles. The lowest BCUT2D eigenvalue weighted by atomic mass is 10.0. The number of nitrogens with one attached hydrogen (secondary N) is 1. The lowest BCUT2D eigenvalue weighted by Crippen LogP contribution is -2.18. The minimum Gasteiger partial charge on any atom is -0.200 e. The van der Waals surface area contributed by atoms with Gasteiger partial charge in [0.25, 0.3) is 10.0 Å². The Morgan fingerprint density at radius 1 is 0.909 bits per heavy atom. The van der Waals surface area contributed by atoms with Crippen molar-refractivity contribution in [2.75, 3.05) is 0 Å². The zero-order valence-corrected chi connectivity index (χ0v) is 14.0. The summed E-state index contributed by atoms with van der Waals surface area (Å²) in [5.41, 5.74) is 5.24. The lowest BCUT2D eigenvalue weighted by molar-refractivity contribution is 0.584. The summed E-state index contributed by atoms with van der Waals surface area (Å²) >= 11 is 0. The molecule has 0 bridgehead atoms. The highest BCUT2D eigenvalue weighted by Crippen LogP contribution is 2.14. The Morgan fingerprint density at radius 3 is 2.00 bits per heavy atom. The minimum absolute atomic E-state index is 0.201. The number of hydrogen-bond acceptors (Lipinski definition) is 3. The summed E-state index contributed by atoms with van der Waals surface area (Å²) in [6.45, 7) is 7.90. The summed E-state index contributed by atoms with van der Waals surface area (Å²) in [6, 6.07) is 10.7. The SMILES string of the molecule is Cc1ccc(S(=O)(=O)N/N=C/c2c(C)cc(C)cc2C)cc1. The number of nitrogens with zero attached hydrogens (tertiary/aromatic N) is 1. The van der Waals surface area contributed by atoms with Crippen LogP contribution in [0, 0.1) is 27.7 Å². The minimum atomic E-state index is -3.63. The molecule has 1 N–H and O–H groups in total. The molecular weight excluding hydrogens is 296 g/mol. The maximum absolute atomic E-state index is 12.1. The molecule has 0 spiro atoms. The molecular formula is C17H20N2O2S. The van der Waals surface area contributed by atoms with Crippen molar-refractivity contribution < 1.29 is 8.42 Å². The van der Waals surface area contributed by atoms with E-state index in [2.05, 4.69) is 9.93 Å². The van der Waals surface area contributed by atoms with Gasteiger partial charge in [0.15, 0.2) is 0 Å². The lowest BCUT2D eigenvalue weighted by Gasteiger charge is -2.07. The molecule has 0 atom stereocenters. The smallest absolute Gasteiger partial charge is 0.200 e. The zero-order valence-electron chi connectivity index (χ0n) is 13.2. The monoisotopic (exact) mass is 316 g/mol. The van der Waals surface area contributed by atoms with Crippen LogP contribution in [0.1, 0.15) is 27.8 Å². The van der Waals surface area contributed by atoms with E-state index in [1.165, 1.54) is 5.56 Å². The van der Waals surface area contributed by atoms with Gasteiger partial charge >= 0.3 is 0 Å². The summed E-state index contributed by atoms with van der Waals surface area (Å²) in [4.78, 5) is 2.46. The van der Waals surface area contributed by atoms with E-state index in [1.807, 2.05) is 39.8 Å². The van der Waals surface area contributed by atoms with Gasteiger partial charge < -0.3 is 0 Å². The Hall–Kier alpha value is -2.14. The van der Waals surface area contributed by atoms with Crippen molar-refractivity contribution in [3.05, 3.63) is 64.2 Å². The first-order valence-corrected chi connectivity index (χ1v) is 8.47. The van der Waals surface area contributed by atoms with E-state index in [9.17, 15) is 8.42 Å². The van der Waals surface area contributed by atoms with Crippen LogP contribution in [0.2, 0.25) is 0 Å². The van der Waals surface area contributed by atoms with Crippen LogP contribution in [0.25, 0.3) is 0 Å². The van der Waals surface area contributed by atoms with E-state index in [0.29, 0.717) is 0 Å². The van der Waals surface area contributed by atoms with Gasteiger partial charge in [-0.25, -0.2) is 4.83 Å². The third-order valence-corrected chi connectivity index (χ3v) is 4.67. The van der Waals surface area contributed by atoms with Gasteiger partial charge in [0.1, 0.15) is 0 Å². The quantitative estimate of drug-likeness (QED) is 0.695. The molecule has 4 nitrogen and oxygen atoms in total. The van der Waals surface area contributed by atoms with Crippen LogP contribution < -0.4 is 4.83 Å². The van der Waals surface area contributed by atoms with Gasteiger partial charge in [-0.2, -0.15) is 13.5 Å². The molecule has 0 aliphatic rings. The van der Waals surface area contributed by atoms with E-state index >= 15 is 0 Å². The highest BCUT2D eigenvalue weighted by molar-refractivity contribution is 7.89. The third-order valence-electron chi connectivity index (χ3n) is 3.44. The van der Waals surface area contributed by atoms with Crippen LogP contribution >= 0.6 is 0 Å². The molecule has 22 heavy (non-hydrogen) atoms. The predicted molar refractivity (Wildman–Crippen MR) is 89.7 cm³/mol. The maximum atomic E-state index is 12.1. The highest BCUT2D eigenvalue weighted by Gasteiger charge is 2.12. The molecule has 0 aromatic heterocycles.